The Bertz CT molecular complexity index is 604. The van der Waals surface area contributed by atoms with Crippen LogP contribution in [0.2, 0.25) is 5.02 Å². The minimum absolute atomic E-state index is 0.00870. The van der Waals surface area contributed by atoms with Crippen LogP contribution in [0.25, 0.3) is 0 Å². The zero-order valence-corrected chi connectivity index (χ0v) is 11.8. The van der Waals surface area contributed by atoms with E-state index in [9.17, 15) is 8.42 Å². The summed E-state index contributed by atoms with van der Waals surface area (Å²) in [6.07, 6.45) is 1.48. The molecule has 1 aromatic rings. The van der Waals surface area contributed by atoms with Crippen molar-refractivity contribution in [2.75, 3.05) is 13.1 Å². The number of nitriles is 1. The smallest absolute Gasteiger partial charge is 0.242 e. The summed E-state index contributed by atoms with van der Waals surface area (Å²) in [6.45, 7) is 1.57. The van der Waals surface area contributed by atoms with E-state index >= 15 is 0 Å². The number of piperidine rings is 1. The average Bonchev–Trinajstić information content (AvgIpc) is 2.39. The third kappa shape index (κ3) is 3.25. The Hall–Kier alpha value is -1.13. The minimum Gasteiger partial charge on any atom is -0.317 e. The van der Waals surface area contributed by atoms with E-state index in [0.29, 0.717) is 0 Å². The van der Waals surface area contributed by atoms with Crippen LogP contribution in [0.4, 0.5) is 0 Å². The molecule has 1 saturated heterocycles. The molecule has 0 atom stereocenters. The highest BCUT2D eigenvalue weighted by Gasteiger charge is 2.24. The Balaban J connectivity index is 2.29. The molecule has 0 radical (unpaired) electrons. The molecule has 1 fully saturated rings. The van der Waals surface area contributed by atoms with Gasteiger partial charge in [-0.3, -0.25) is 0 Å². The van der Waals surface area contributed by atoms with Crippen LogP contribution in [0.15, 0.2) is 23.1 Å². The molecule has 0 unspecified atom stereocenters. The largest absolute Gasteiger partial charge is 0.317 e. The van der Waals surface area contributed by atoms with Gasteiger partial charge in [-0.2, -0.15) is 5.26 Å². The van der Waals surface area contributed by atoms with Crippen LogP contribution in [-0.4, -0.2) is 27.5 Å². The number of hydrogen-bond acceptors (Lipinski definition) is 4. The van der Waals surface area contributed by atoms with Crippen LogP contribution in [0.5, 0.6) is 0 Å². The fraction of sp³-hybridized carbons (Fsp3) is 0.417. The molecule has 0 bridgehead atoms. The van der Waals surface area contributed by atoms with E-state index in [0.717, 1.165) is 25.9 Å². The summed E-state index contributed by atoms with van der Waals surface area (Å²) in [5, 5.41) is 12.3. The van der Waals surface area contributed by atoms with Crippen LogP contribution in [-0.2, 0) is 10.0 Å². The Kier molecular flexibility index (Phi) is 4.42. The lowest BCUT2D eigenvalue weighted by Gasteiger charge is -2.23. The lowest BCUT2D eigenvalue weighted by molar-refractivity contribution is 0.427. The second kappa shape index (κ2) is 5.88. The van der Waals surface area contributed by atoms with Crippen molar-refractivity contribution in [1.29, 1.82) is 5.26 Å². The predicted octanol–water partition coefficient (Wildman–Crippen LogP) is 1.24. The molecular weight excluding hydrogens is 286 g/mol. The maximum Gasteiger partial charge on any atom is 0.242 e. The minimum atomic E-state index is -3.71. The van der Waals surface area contributed by atoms with Gasteiger partial charge in [0.05, 0.1) is 10.6 Å². The van der Waals surface area contributed by atoms with Crippen LogP contribution in [0, 0.1) is 11.3 Å². The molecule has 0 aliphatic carbocycles. The highest BCUT2D eigenvalue weighted by Crippen LogP contribution is 2.23. The Labute approximate surface area is 117 Å². The molecule has 1 heterocycles. The van der Waals surface area contributed by atoms with Gasteiger partial charge in [0.2, 0.25) is 10.0 Å². The van der Waals surface area contributed by atoms with Crippen molar-refractivity contribution in [1.82, 2.24) is 10.0 Å². The molecule has 5 nitrogen and oxygen atoms in total. The van der Waals surface area contributed by atoms with E-state index in [-0.39, 0.29) is 21.5 Å². The van der Waals surface area contributed by atoms with Crippen molar-refractivity contribution in [2.45, 2.75) is 23.8 Å². The van der Waals surface area contributed by atoms with Gasteiger partial charge in [-0.15, -0.1) is 0 Å². The van der Waals surface area contributed by atoms with E-state index < -0.39 is 10.0 Å². The zero-order valence-electron chi connectivity index (χ0n) is 10.2. The van der Waals surface area contributed by atoms with Gasteiger partial charge in [0, 0.05) is 6.04 Å². The molecule has 0 saturated carbocycles. The Morgan fingerprint density at radius 3 is 2.68 bits per heavy atom. The van der Waals surface area contributed by atoms with Crippen LogP contribution < -0.4 is 10.0 Å². The van der Waals surface area contributed by atoms with Gasteiger partial charge in [0.1, 0.15) is 11.0 Å². The third-order valence-electron chi connectivity index (χ3n) is 3.04. The lowest BCUT2D eigenvalue weighted by Crippen LogP contribution is -2.42. The molecule has 1 aliphatic rings. The van der Waals surface area contributed by atoms with Crippen LogP contribution in [0.3, 0.4) is 0 Å². The number of benzene rings is 1. The number of sulfonamides is 1. The summed E-state index contributed by atoms with van der Waals surface area (Å²) >= 11 is 5.85. The van der Waals surface area contributed by atoms with Crippen molar-refractivity contribution in [3.8, 4) is 6.07 Å². The summed E-state index contributed by atoms with van der Waals surface area (Å²) in [4.78, 5) is -0.0546. The van der Waals surface area contributed by atoms with Gasteiger partial charge in [-0.05, 0) is 38.1 Å². The molecule has 0 spiro atoms. The molecule has 7 heteroatoms. The first kappa shape index (κ1) is 14.3. The molecular formula is C12H14ClN3O2S. The van der Waals surface area contributed by atoms with Gasteiger partial charge in [0.25, 0.3) is 0 Å². The second-order valence-corrected chi connectivity index (χ2v) is 6.46. The van der Waals surface area contributed by atoms with Gasteiger partial charge in [0.15, 0.2) is 0 Å². The molecule has 0 aromatic heterocycles. The van der Waals surface area contributed by atoms with E-state index in [1.807, 2.05) is 6.07 Å². The average molecular weight is 300 g/mol. The lowest BCUT2D eigenvalue weighted by atomic mass is 10.1. The van der Waals surface area contributed by atoms with Crippen molar-refractivity contribution < 1.29 is 8.42 Å². The molecule has 0 amide bonds. The highest BCUT2D eigenvalue weighted by atomic mass is 35.5. The first-order valence-corrected chi connectivity index (χ1v) is 7.82. The first-order chi connectivity index (χ1) is 9.04. The maximum absolute atomic E-state index is 12.3. The normalized spacial score (nSPS) is 17.1. The van der Waals surface area contributed by atoms with E-state index in [2.05, 4.69) is 10.0 Å². The second-order valence-electron chi connectivity index (χ2n) is 4.37. The predicted molar refractivity (Wildman–Crippen MR) is 72.4 cm³/mol. The van der Waals surface area contributed by atoms with E-state index in [4.69, 9.17) is 16.9 Å². The van der Waals surface area contributed by atoms with Gasteiger partial charge < -0.3 is 5.32 Å². The van der Waals surface area contributed by atoms with Gasteiger partial charge in [-0.25, -0.2) is 13.1 Å². The van der Waals surface area contributed by atoms with Gasteiger partial charge in [-0.1, -0.05) is 17.7 Å². The summed E-state index contributed by atoms with van der Waals surface area (Å²) in [5.41, 5.74) is -0.00870. The fourth-order valence-electron chi connectivity index (χ4n) is 2.06. The molecule has 2 N–H and O–H groups in total. The van der Waals surface area contributed by atoms with Crippen LogP contribution >= 0.6 is 11.6 Å². The quantitative estimate of drug-likeness (QED) is 0.880. The summed E-state index contributed by atoms with van der Waals surface area (Å²) in [7, 11) is -3.71. The van der Waals surface area contributed by atoms with Crippen molar-refractivity contribution >= 4 is 21.6 Å². The summed E-state index contributed by atoms with van der Waals surface area (Å²) < 4.78 is 27.2. The number of nitrogens with zero attached hydrogens (tertiary/aromatic N) is 1. The summed E-state index contributed by atoms with van der Waals surface area (Å²) in [6, 6.07) is 6.17. The molecule has 19 heavy (non-hydrogen) atoms. The monoisotopic (exact) mass is 299 g/mol. The van der Waals surface area contributed by atoms with Gasteiger partial charge >= 0.3 is 0 Å². The molecule has 102 valence electrons. The molecule has 1 aromatic carbocycles. The van der Waals surface area contributed by atoms with Crippen molar-refractivity contribution in [2.24, 2.45) is 0 Å². The number of nitrogens with one attached hydrogen (secondary N) is 2. The summed E-state index contributed by atoms with van der Waals surface area (Å²) in [5.74, 6) is 0. The van der Waals surface area contributed by atoms with E-state index in [1.165, 1.54) is 18.2 Å². The molecule has 2 rings (SSSR count). The maximum atomic E-state index is 12.3. The third-order valence-corrected chi connectivity index (χ3v) is 4.92. The Morgan fingerprint density at radius 1 is 1.37 bits per heavy atom. The highest BCUT2D eigenvalue weighted by molar-refractivity contribution is 7.89. The zero-order chi connectivity index (χ0) is 13.9. The number of rotatable bonds is 3. The molecule has 1 aliphatic heterocycles. The SMILES string of the molecule is N#Cc1c(Cl)cccc1S(=O)(=O)NC1CCNCC1. The first-order valence-electron chi connectivity index (χ1n) is 5.96. The van der Waals surface area contributed by atoms with Crippen LogP contribution in [0.1, 0.15) is 18.4 Å². The Morgan fingerprint density at radius 2 is 2.05 bits per heavy atom. The van der Waals surface area contributed by atoms with Crippen molar-refractivity contribution in [3.63, 3.8) is 0 Å². The fourth-order valence-corrected chi connectivity index (χ4v) is 3.82. The standard InChI is InChI=1S/C12H14ClN3O2S/c13-11-2-1-3-12(10(11)8-14)19(17,18)16-9-4-6-15-7-5-9/h1-3,9,15-16H,4-7H2. The number of hydrogen-bond donors (Lipinski definition) is 2. The van der Waals surface area contributed by atoms with E-state index in [1.54, 1.807) is 0 Å². The topological polar surface area (TPSA) is 82.0 Å². The van der Waals surface area contributed by atoms with Crippen molar-refractivity contribution in [3.05, 3.63) is 28.8 Å². The number of halogens is 1.